The summed E-state index contributed by atoms with van der Waals surface area (Å²) in [5, 5.41) is 0. The van der Waals surface area contributed by atoms with Gasteiger partial charge in [-0.3, -0.25) is 5.43 Å². The van der Waals surface area contributed by atoms with Crippen molar-refractivity contribution in [1.82, 2.24) is 9.97 Å². The van der Waals surface area contributed by atoms with Crippen LogP contribution in [-0.4, -0.2) is 16.2 Å². The van der Waals surface area contributed by atoms with Crippen LogP contribution in [0.1, 0.15) is 5.69 Å². The van der Waals surface area contributed by atoms with Crippen LogP contribution in [0.4, 0.5) is 19.1 Å². The molecule has 1 aromatic carbocycles. The van der Waals surface area contributed by atoms with E-state index in [4.69, 9.17) is 10.6 Å². The minimum atomic E-state index is -4.62. The summed E-state index contributed by atoms with van der Waals surface area (Å²) in [5.41, 5.74) is 0.841. The number of nitrogens with two attached hydrogens (primary N) is 1. The molecule has 0 amide bonds. The molecule has 0 unspecified atom stereocenters. The molecular formula is C12H11F3N4OS. The number of nitrogen functional groups attached to an aromatic ring is 1. The largest absolute Gasteiger partial charge is 0.439 e. The number of hydrazine groups is 1. The highest BCUT2D eigenvalue weighted by Gasteiger charge is 2.34. The highest BCUT2D eigenvalue weighted by atomic mass is 32.2. The zero-order valence-electron chi connectivity index (χ0n) is 10.8. The van der Waals surface area contributed by atoms with Crippen molar-refractivity contribution >= 4 is 17.7 Å². The van der Waals surface area contributed by atoms with Crippen LogP contribution < -0.4 is 16.0 Å². The van der Waals surface area contributed by atoms with Gasteiger partial charge in [-0.15, -0.1) is 11.8 Å². The normalized spacial score (nSPS) is 11.3. The molecule has 0 aliphatic rings. The van der Waals surface area contributed by atoms with E-state index in [9.17, 15) is 13.2 Å². The SMILES string of the molecule is CSc1ccc(Oc2cc(C(F)(F)F)nc(NN)n2)cc1. The molecule has 2 rings (SSSR count). The van der Waals surface area contributed by atoms with Crippen molar-refractivity contribution in [1.29, 1.82) is 0 Å². The van der Waals surface area contributed by atoms with E-state index in [1.54, 1.807) is 24.3 Å². The fourth-order valence-electron chi connectivity index (χ4n) is 1.45. The second-order valence-corrected chi connectivity index (χ2v) is 4.71. The third kappa shape index (κ3) is 3.99. The highest BCUT2D eigenvalue weighted by Crippen LogP contribution is 2.31. The number of benzene rings is 1. The molecule has 3 N–H and O–H groups in total. The first-order chi connectivity index (χ1) is 9.92. The van der Waals surface area contributed by atoms with Gasteiger partial charge in [0, 0.05) is 11.0 Å². The monoisotopic (exact) mass is 316 g/mol. The Hall–Kier alpha value is -2.00. The van der Waals surface area contributed by atoms with Gasteiger partial charge in [0.2, 0.25) is 11.8 Å². The lowest BCUT2D eigenvalue weighted by Gasteiger charge is -2.10. The maximum Gasteiger partial charge on any atom is 0.433 e. The molecule has 0 saturated heterocycles. The van der Waals surface area contributed by atoms with Crippen molar-refractivity contribution in [3.63, 3.8) is 0 Å². The van der Waals surface area contributed by atoms with E-state index in [1.807, 2.05) is 11.7 Å². The molecule has 21 heavy (non-hydrogen) atoms. The first-order valence-electron chi connectivity index (χ1n) is 5.67. The molecule has 1 heterocycles. The summed E-state index contributed by atoms with van der Waals surface area (Å²) in [6.45, 7) is 0. The predicted molar refractivity (Wildman–Crippen MR) is 73.1 cm³/mol. The Morgan fingerprint density at radius 1 is 1.19 bits per heavy atom. The first kappa shape index (κ1) is 15.4. The van der Waals surface area contributed by atoms with Crippen LogP contribution in [0.5, 0.6) is 11.6 Å². The van der Waals surface area contributed by atoms with Crippen LogP contribution in [-0.2, 0) is 6.18 Å². The number of halogens is 3. The number of nitrogens with one attached hydrogen (secondary N) is 1. The van der Waals surface area contributed by atoms with Crippen LogP contribution in [0.25, 0.3) is 0 Å². The standard InChI is InChI=1S/C12H11F3N4OS/c1-21-8-4-2-7(3-5-8)20-10-6-9(12(13,14)15)17-11(18-10)19-16/h2-6H,16H2,1H3,(H,17,18,19). The number of alkyl halides is 3. The summed E-state index contributed by atoms with van der Waals surface area (Å²) in [6, 6.07) is 7.55. The molecule has 2 aromatic rings. The first-order valence-corrected chi connectivity index (χ1v) is 6.89. The van der Waals surface area contributed by atoms with E-state index in [-0.39, 0.29) is 11.8 Å². The van der Waals surface area contributed by atoms with Crippen LogP contribution in [0, 0.1) is 0 Å². The lowest BCUT2D eigenvalue weighted by atomic mass is 10.3. The number of hydrogen-bond donors (Lipinski definition) is 2. The van der Waals surface area contributed by atoms with Crippen molar-refractivity contribution in [2.75, 3.05) is 11.7 Å². The molecular weight excluding hydrogens is 305 g/mol. The van der Waals surface area contributed by atoms with E-state index in [0.717, 1.165) is 4.90 Å². The molecule has 1 aromatic heterocycles. The maximum absolute atomic E-state index is 12.7. The van der Waals surface area contributed by atoms with E-state index in [2.05, 4.69) is 9.97 Å². The molecule has 112 valence electrons. The van der Waals surface area contributed by atoms with Crippen molar-refractivity contribution in [3.05, 3.63) is 36.0 Å². The quantitative estimate of drug-likeness (QED) is 0.512. The van der Waals surface area contributed by atoms with Crippen molar-refractivity contribution < 1.29 is 17.9 Å². The zero-order valence-corrected chi connectivity index (χ0v) is 11.6. The van der Waals surface area contributed by atoms with Gasteiger partial charge in [0.05, 0.1) is 0 Å². The third-order valence-corrected chi connectivity index (χ3v) is 3.15. The Balaban J connectivity index is 2.29. The van der Waals surface area contributed by atoms with E-state index in [0.29, 0.717) is 11.8 Å². The molecule has 0 saturated carbocycles. The van der Waals surface area contributed by atoms with Gasteiger partial charge in [-0.1, -0.05) is 0 Å². The summed E-state index contributed by atoms with van der Waals surface area (Å²) in [6.07, 6.45) is -2.70. The number of rotatable bonds is 4. The van der Waals surface area contributed by atoms with Gasteiger partial charge in [0.1, 0.15) is 5.75 Å². The van der Waals surface area contributed by atoms with Crippen LogP contribution in [0.15, 0.2) is 35.2 Å². The van der Waals surface area contributed by atoms with Crippen LogP contribution >= 0.6 is 11.8 Å². The minimum absolute atomic E-state index is 0.248. The summed E-state index contributed by atoms with van der Waals surface area (Å²) in [7, 11) is 0. The molecule has 9 heteroatoms. The van der Waals surface area contributed by atoms with Crippen molar-refractivity contribution in [2.24, 2.45) is 5.84 Å². The van der Waals surface area contributed by atoms with Gasteiger partial charge in [-0.25, -0.2) is 10.8 Å². The predicted octanol–water partition coefficient (Wildman–Crippen LogP) is 3.30. The molecule has 0 spiro atoms. The second-order valence-electron chi connectivity index (χ2n) is 3.83. The summed E-state index contributed by atoms with van der Waals surface area (Å²) < 4.78 is 43.4. The van der Waals surface area contributed by atoms with Gasteiger partial charge in [0.25, 0.3) is 0 Å². The van der Waals surface area contributed by atoms with Gasteiger partial charge in [-0.05, 0) is 30.5 Å². The van der Waals surface area contributed by atoms with E-state index >= 15 is 0 Å². The smallest absolute Gasteiger partial charge is 0.433 e. The second kappa shape index (κ2) is 6.19. The van der Waals surface area contributed by atoms with Crippen molar-refractivity contribution in [2.45, 2.75) is 11.1 Å². The molecule has 0 fully saturated rings. The fraction of sp³-hybridized carbons (Fsp3) is 0.167. The number of ether oxygens (including phenoxy) is 1. The summed E-state index contributed by atoms with van der Waals surface area (Å²) in [4.78, 5) is 7.97. The Morgan fingerprint density at radius 3 is 2.38 bits per heavy atom. The molecule has 0 atom stereocenters. The highest BCUT2D eigenvalue weighted by molar-refractivity contribution is 7.98. The Kier molecular flexibility index (Phi) is 4.53. The average Bonchev–Trinajstić information content (AvgIpc) is 2.46. The molecule has 0 radical (unpaired) electrons. The lowest BCUT2D eigenvalue weighted by molar-refractivity contribution is -0.141. The number of hydrogen-bond acceptors (Lipinski definition) is 6. The number of anilines is 1. The summed E-state index contributed by atoms with van der Waals surface area (Å²) >= 11 is 1.54. The summed E-state index contributed by atoms with van der Waals surface area (Å²) in [5.74, 6) is 4.80. The third-order valence-electron chi connectivity index (χ3n) is 2.40. The number of nitrogens with zero attached hydrogens (tertiary/aromatic N) is 2. The van der Waals surface area contributed by atoms with E-state index < -0.39 is 11.9 Å². The van der Waals surface area contributed by atoms with Gasteiger partial charge >= 0.3 is 6.18 Å². The minimum Gasteiger partial charge on any atom is -0.439 e. The lowest BCUT2D eigenvalue weighted by Crippen LogP contribution is -2.15. The molecule has 0 aliphatic carbocycles. The van der Waals surface area contributed by atoms with Gasteiger partial charge in [-0.2, -0.15) is 18.2 Å². The zero-order chi connectivity index (χ0) is 15.5. The van der Waals surface area contributed by atoms with Gasteiger partial charge in [0.15, 0.2) is 5.69 Å². The fourth-order valence-corrected chi connectivity index (χ4v) is 1.86. The number of thioether (sulfide) groups is 1. The van der Waals surface area contributed by atoms with E-state index in [1.165, 1.54) is 11.8 Å². The van der Waals surface area contributed by atoms with Crippen LogP contribution in [0.2, 0.25) is 0 Å². The number of aromatic nitrogens is 2. The average molecular weight is 316 g/mol. The van der Waals surface area contributed by atoms with Crippen molar-refractivity contribution in [3.8, 4) is 11.6 Å². The Labute approximate surface area is 122 Å². The maximum atomic E-state index is 12.7. The Bertz CT molecular complexity index is 619. The Morgan fingerprint density at radius 2 is 1.86 bits per heavy atom. The topological polar surface area (TPSA) is 73.1 Å². The molecule has 0 bridgehead atoms. The van der Waals surface area contributed by atoms with Crippen LogP contribution in [0.3, 0.4) is 0 Å². The molecule has 5 nitrogen and oxygen atoms in total. The van der Waals surface area contributed by atoms with Gasteiger partial charge < -0.3 is 4.74 Å². The molecule has 0 aliphatic heterocycles.